The molecule has 2 rings (SSSR count). The summed E-state index contributed by atoms with van der Waals surface area (Å²) in [5.74, 6) is 0. The van der Waals surface area contributed by atoms with Gasteiger partial charge in [0.05, 0.1) is 11.1 Å². The zero-order valence-corrected chi connectivity index (χ0v) is 9.22. The summed E-state index contributed by atoms with van der Waals surface area (Å²) in [5.41, 5.74) is 1.22. The molecule has 5 nitrogen and oxygen atoms in total. The quantitative estimate of drug-likeness (QED) is 0.607. The summed E-state index contributed by atoms with van der Waals surface area (Å²) in [6.07, 6.45) is 1.31. The molecule has 1 aliphatic heterocycles. The molecule has 0 saturated carbocycles. The van der Waals surface area contributed by atoms with E-state index in [2.05, 4.69) is 17.3 Å². The summed E-state index contributed by atoms with van der Waals surface area (Å²) in [6.45, 7) is 2.04. The van der Waals surface area contributed by atoms with Crippen LogP contribution in [0.15, 0.2) is 24.3 Å². The highest BCUT2D eigenvalue weighted by Gasteiger charge is 2.20. The molecular weight excluding hydrogens is 206 g/mol. The van der Waals surface area contributed by atoms with E-state index in [9.17, 15) is 10.1 Å². The molecule has 0 unspecified atom stereocenters. The number of hydrogen-bond donors (Lipinski definition) is 1. The predicted octanol–water partition coefficient (Wildman–Crippen LogP) is 1.52. The first-order valence-electron chi connectivity index (χ1n) is 5.36. The van der Waals surface area contributed by atoms with Gasteiger partial charge in [0.1, 0.15) is 0 Å². The van der Waals surface area contributed by atoms with Gasteiger partial charge in [0, 0.05) is 18.7 Å². The zero-order chi connectivity index (χ0) is 11.5. The van der Waals surface area contributed by atoms with Crippen molar-refractivity contribution in [3.05, 3.63) is 39.9 Å². The molecule has 0 aromatic heterocycles. The van der Waals surface area contributed by atoms with Crippen LogP contribution in [0.1, 0.15) is 18.2 Å². The van der Waals surface area contributed by atoms with Gasteiger partial charge in [-0.05, 0) is 37.7 Å². The maximum absolute atomic E-state index is 10.5. The average molecular weight is 221 g/mol. The van der Waals surface area contributed by atoms with Crippen LogP contribution in [0.5, 0.6) is 0 Å². The second kappa shape index (κ2) is 4.59. The standard InChI is InChI=1S/C11H15N3O2/c1-13-8-2-7-12-11(13)9-3-5-10(6-4-9)14(15)16/h3-6,11-12H,2,7-8H2,1H3/t11-/m1/s1. The first-order valence-corrected chi connectivity index (χ1v) is 5.36. The van der Waals surface area contributed by atoms with Crippen molar-refractivity contribution in [1.82, 2.24) is 10.2 Å². The molecule has 1 aromatic carbocycles. The maximum atomic E-state index is 10.5. The summed E-state index contributed by atoms with van der Waals surface area (Å²) in [6, 6.07) is 6.74. The lowest BCUT2D eigenvalue weighted by atomic mass is 10.1. The van der Waals surface area contributed by atoms with E-state index in [0.717, 1.165) is 25.1 Å². The number of benzene rings is 1. The fourth-order valence-corrected chi connectivity index (χ4v) is 2.00. The van der Waals surface area contributed by atoms with E-state index in [4.69, 9.17) is 0 Å². The number of nitrogens with one attached hydrogen (secondary N) is 1. The Morgan fingerprint density at radius 1 is 1.44 bits per heavy atom. The lowest BCUT2D eigenvalue weighted by Crippen LogP contribution is -2.42. The molecule has 16 heavy (non-hydrogen) atoms. The Hall–Kier alpha value is -1.46. The predicted molar refractivity (Wildman–Crippen MR) is 61.1 cm³/mol. The molecule has 1 heterocycles. The number of non-ortho nitro benzene ring substituents is 1. The number of nitro groups is 1. The van der Waals surface area contributed by atoms with Gasteiger partial charge in [0.25, 0.3) is 5.69 Å². The summed E-state index contributed by atoms with van der Waals surface area (Å²) < 4.78 is 0. The molecule has 5 heteroatoms. The van der Waals surface area contributed by atoms with Gasteiger partial charge in [-0.15, -0.1) is 0 Å². The summed E-state index contributed by atoms with van der Waals surface area (Å²) in [7, 11) is 2.05. The fraction of sp³-hybridized carbons (Fsp3) is 0.455. The van der Waals surface area contributed by atoms with E-state index in [1.807, 2.05) is 12.1 Å². The Labute approximate surface area is 94.2 Å². The smallest absolute Gasteiger partial charge is 0.269 e. The third-order valence-electron chi connectivity index (χ3n) is 2.89. The van der Waals surface area contributed by atoms with Gasteiger partial charge in [-0.2, -0.15) is 0 Å². The van der Waals surface area contributed by atoms with Crippen LogP contribution in [0, 0.1) is 10.1 Å². The van der Waals surface area contributed by atoms with Gasteiger partial charge in [0.2, 0.25) is 0 Å². The minimum absolute atomic E-state index is 0.141. The highest BCUT2D eigenvalue weighted by atomic mass is 16.6. The van der Waals surface area contributed by atoms with Gasteiger partial charge in [-0.1, -0.05) is 0 Å². The molecule has 0 amide bonds. The van der Waals surface area contributed by atoms with Crippen LogP contribution < -0.4 is 5.32 Å². The van der Waals surface area contributed by atoms with E-state index in [1.54, 1.807) is 12.1 Å². The molecule has 0 spiro atoms. The Morgan fingerprint density at radius 2 is 2.12 bits per heavy atom. The largest absolute Gasteiger partial charge is 0.298 e. The van der Waals surface area contributed by atoms with Crippen LogP contribution >= 0.6 is 0 Å². The minimum atomic E-state index is -0.373. The van der Waals surface area contributed by atoms with Crippen LogP contribution in [0.25, 0.3) is 0 Å². The lowest BCUT2D eigenvalue weighted by molar-refractivity contribution is -0.384. The third kappa shape index (κ3) is 2.20. The fourth-order valence-electron chi connectivity index (χ4n) is 2.00. The molecule has 1 aromatic rings. The van der Waals surface area contributed by atoms with Crippen LogP contribution in [0.4, 0.5) is 5.69 Å². The highest BCUT2D eigenvalue weighted by Crippen LogP contribution is 2.21. The second-order valence-corrected chi connectivity index (χ2v) is 4.04. The van der Waals surface area contributed by atoms with Crippen LogP contribution in [-0.4, -0.2) is 30.0 Å². The molecule has 1 saturated heterocycles. The van der Waals surface area contributed by atoms with Gasteiger partial charge < -0.3 is 0 Å². The molecule has 1 N–H and O–H groups in total. The lowest BCUT2D eigenvalue weighted by Gasteiger charge is -2.33. The molecule has 1 atom stereocenters. The van der Waals surface area contributed by atoms with E-state index in [1.165, 1.54) is 0 Å². The monoisotopic (exact) mass is 221 g/mol. The summed E-state index contributed by atoms with van der Waals surface area (Å²) >= 11 is 0. The number of nitrogens with zero attached hydrogens (tertiary/aromatic N) is 2. The van der Waals surface area contributed by atoms with Crippen molar-refractivity contribution in [2.24, 2.45) is 0 Å². The highest BCUT2D eigenvalue weighted by molar-refractivity contribution is 5.34. The van der Waals surface area contributed by atoms with Crippen LogP contribution in [0.2, 0.25) is 0 Å². The first-order chi connectivity index (χ1) is 7.68. The van der Waals surface area contributed by atoms with Gasteiger partial charge in [-0.25, -0.2) is 0 Å². The molecule has 86 valence electrons. The van der Waals surface area contributed by atoms with E-state index >= 15 is 0 Å². The Morgan fingerprint density at radius 3 is 2.69 bits per heavy atom. The summed E-state index contributed by atoms with van der Waals surface area (Å²) in [4.78, 5) is 12.4. The third-order valence-corrected chi connectivity index (χ3v) is 2.89. The molecule has 1 fully saturated rings. The van der Waals surface area contributed by atoms with Crippen LogP contribution in [0.3, 0.4) is 0 Å². The van der Waals surface area contributed by atoms with Crippen molar-refractivity contribution in [2.75, 3.05) is 20.1 Å². The summed E-state index contributed by atoms with van der Waals surface area (Å²) in [5, 5.41) is 13.9. The number of nitro benzene ring substituents is 1. The zero-order valence-electron chi connectivity index (χ0n) is 9.22. The van der Waals surface area contributed by atoms with Crippen molar-refractivity contribution in [1.29, 1.82) is 0 Å². The van der Waals surface area contributed by atoms with Crippen LogP contribution in [-0.2, 0) is 0 Å². The van der Waals surface area contributed by atoms with E-state index in [-0.39, 0.29) is 16.8 Å². The van der Waals surface area contributed by atoms with Crippen molar-refractivity contribution in [2.45, 2.75) is 12.6 Å². The SMILES string of the molecule is CN1CCCN[C@H]1c1ccc([N+](=O)[O-])cc1. The molecule has 0 radical (unpaired) electrons. The van der Waals surface area contributed by atoms with Crippen molar-refractivity contribution >= 4 is 5.69 Å². The van der Waals surface area contributed by atoms with Gasteiger partial charge in [-0.3, -0.25) is 20.3 Å². The molecule has 0 bridgehead atoms. The Kier molecular flexibility index (Phi) is 3.17. The van der Waals surface area contributed by atoms with Gasteiger partial charge in [0.15, 0.2) is 0 Å². The number of rotatable bonds is 2. The molecule has 0 aliphatic carbocycles. The Balaban J connectivity index is 2.17. The van der Waals surface area contributed by atoms with Gasteiger partial charge >= 0.3 is 0 Å². The minimum Gasteiger partial charge on any atom is -0.298 e. The van der Waals surface area contributed by atoms with E-state index < -0.39 is 0 Å². The second-order valence-electron chi connectivity index (χ2n) is 4.04. The number of hydrogen-bond acceptors (Lipinski definition) is 4. The van der Waals surface area contributed by atoms with Crippen molar-refractivity contribution in [3.8, 4) is 0 Å². The van der Waals surface area contributed by atoms with Crippen molar-refractivity contribution in [3.63, 3.8) is 0 Å². The van der Waals surface area contributed by atoms with E-state index in [0.29, 0.717) is 0 Å². The molecule has 1 aliphatic rings. The topological polar surface area (TPSA) is 58.4 Å². The Bertz CT molecular complexity index is 377. The molecular formula is C11H15N3O2. The van der Waals surface area contributed by atoms with Crippen molar-refractivity contribution < 1.29 is 4.92 Å². The average Bonchev–Trinajstić information content (AvgIpc) is 2.30. The maximum Gasteiger partial charge on any atom is 0.269 e. The normalized spacial score (nSPS) is 21.9. The first kappa shape index (κ1) is 11.0.